The fourth-order valence-corrected chi connectivity index (χ4v) is 0.923. The monoisotopic (exact) mass is 139 g/mol. The van der Waals surface area contributed by atoms with Crippen molar-refractivity contribution in [2.24, 2.45) is 5.92 Å². The van der Waals surface area contributed by atoms with E-state index in [2.05, 4.69) is 13.0 Å². The Kier molecular flexibility index (Phi) is 2.70. The van der Waals surface area contributed by atoms with Gasteiger partial charge >= 0.3 is 0 Å². The summed E-state index contributed by atoms with van der Waals surface area (Å²) in [5.41, 5.74) is 0. The second kappa shape index (κ2) is 3.58. The standard InChI is InChI=1S/C8H13NO/c1-2-5-10-8(6-9)7-3-4-7/h7-8H,2-5H2,1H3. The number of hydrogen-bond donors (Lipinski definition) is 0. The average Bonchev–Trinajstić information content (AvgIpc) is 2.73. The molecule has 1 saturated carbocycles. The van der Waals surface area contributed by atoms with Crippen LogP contribution >= 0.6 is 0 Å². The van der Waals surface area contributed by atoms with Gasteiger partial charge in [0, 0.05) is 6.61 Å². The lowest BCUT2D eigenvalue weighted by Gasteiger charge is -2.06. The summed E-state index contributed by atoms with van der Waals surface area (Å²) in [5, 5.41) is 8.59. The van der Waals surface area contributed by atoms with Crippen LogP contribution in [0.5, 0.6) is 0 Å². The minimum absolute atomic E-state index is 0.111. The third-order valence-electron chi connectivity index (χ3n) is 1.68. The van der Waals surface area contributed by atoms with Crippen LogP contribution in [0, 0.1) is 17.2 Å². The van der Waals surface area contributed by atoms with Gasteiger partial charge in [-0.1, -0.05) is 6.92 Å². The quantitative estimate of drug-likeness (QED) is 0.594. The number of hydrogen-bond acceptors (Lipinski definition) is 2. The van der Waals surface area contributed by atoms with Crippen molar-refractivity contribution in [2.45, 2.75) is 32.3 Å². The summed E-state index contributed by atoms with van der Waals surface area (Å²) in [6.07, 6.45) is 3.26. The van der Waals surface area contributed by atoms with Crippen molar-refractivity contribution in [1.82, 2.24) is 0 Å². The van der Waals surface area contributed by atoms with E-state index in [4.69, 9.17) is 10.00 Å². The SMILES string of the molecule is CCCOC(C#N)C1CC1. The van der Waals surface area contributed by atoms with E-state index in [9.17, 15) is 0 Å². The first-order valence-electron chi connectivity index (χ1n) is 3.89. The van der Waals surface area contributed by atoms with Crippen LogP contribution in [0.4, 0.5) is 0 Å². The van der Waals surface area contributed by atoms with Crippen LogP contribution in [0.2, 0.25) is 0 Å². The molecule has 0 spiro atoms. The Hall–Kier alpha value is -0.550. The third kappa shape index (κ3) is 2.00. The van der Waals surface area contributed by atoms with E-state index in [1.165, 1.54) is 12.8 Å². The van der Waals surface area contributed by atoms with Gasteiger partial charge < -0.3 is 4.74 Å². The van der Waals surface area contributed by atoms with Gasteiger partial charge in [-0.15, -0.1) is 0 Å². The van der Waals surface area contributed by atoms with Crippen LogP contribution < -0.4 is 0 Å². The predicted octanol–water partition coefficient (Wildman–Crippen LogP) is 1.72. The van der Waals surface area contributed by atoms with Gasteiger partial charge in [-0.3, -0.25) is 0 Å². The first-order valence-corrected chi connectivity index (χ1v) is 3.89. The second-order valence-electron chi connectivity index (χ2n) is 2.76. The van der Waals surface area contributed by atoms with Crippen molar-refractivity contribution in [3.05, 3.63) is 0 Å². The van der Waals surface area contributed by atoms with E-state index in [0.29, 0.717) is 5.92 Å². The van der Waals surface area contributed by atoms with E-state index in [1.807, 2.05) is 0 Å². The molecule has 0 bridgehead atoms. The Balaban J connectivity index is 2.15. The third-order valence-corrected chi connectivity index (χ3v) is 1.68. The molecule has 1 aliphatic carbocycles. The Morgan fingerprint density at radius 3 is 2.80 bits per heavy atom. The molecule has 2 nitrogen and oxygen atoms in total. The summed E-state index contributed by atoms with van der Waals surface area (Å²) in [5.74, 6) is 0.552. The molecule has 1 aliphatic rings. The highest BCUT2D eigenvalue weighted by atomic mass is 16.5. The van der Waals surface area contributed by atoms with Gasteiger partial charge in [-0.25, -0.2) is 0 Å². The lowest BCUT2D eigenvalue weighted by Crippen LogP contribution is -2.12. The molecule has 56 valence electrons. The first kappa shape index (κ1) is 7.56. The van der Waals surface area contributed by atoms with E-state index >= 15 is 0 Å². The highest BCUT2D eigenvalue weighted by Gasteiger charge is 2.31. The molecule has 1 atom stereocenters. The molecular formula is C8H13NO. The van der Waals surface area contributed by atoms with E-state index in [1.54, 1.807) is 0 Å². The minimum atomic E-state index is -0.111. The summed E-state index contributed by atoms with van der Waals surface area (Å²) < 4.78 is 5.30. The van der Waals surface area contributed by atoms with Crippen molar-refractivity contribution in [3.8, 4) is 6.07 Å². The van der Waals surface area contributed by atoms with Gasteiger partial charge in [-0.05, 0) is 25.2 Å². The number of nitrogens with zero attached hydrogens (tertiary/aromatic N) is 1. The number of ether oxygens (including phenoxy) is 1. The summed E-state index contributed by atoms with van der Waals surface area (Å²) >= 11 is 0. The van der Waals surface area contributed by atoms with E-state index < -0.39 is 0 Å². The van der Waals surface area contributed by atoms with Crippen LogP contribution in [0.15, 0.2) is 0 Å². The molecule has 0 amide bonds. The van der Waals surface area contributed by atoms with Crippen molar-refractivity contribution >= 4 is 0 Å². The fourth-order valence-electron chi connectivity index (χ4n) is 0.923. The smallest absolute Gasteiger partial charge is 0.146 e. The molecule has 0 N–H and O–H groups in total. The molecule has 1 rings (SSSR count). The van der Waals surface area contributed by atoms with Crippen molar-refractivity contribution < 1.29 is 4.74 Å². The Morgan fingerprint density at radius 1 is 1.70 bits per heavy atom. The molecule has 1 unspecified atom stereocenters. The first-order chi connectivity index (χ1) is 4.88. The second-order valence-corrected chi connectivity index (χ2v) is 2.76. The van der Waals surface area contributed by atoms with Crippen molar-refractivity contribution in [1.29, 1.82) is 5.26 Å². The molecular weight excluding hydrogens is 126 g/mol. The largest absolute Gasteiger partial charge is 0.363 e. The van der Waals surface area contributed by atoms with Gasteiger partial charge in [0.1, 0.15) is 6.10 Å². The fraction of sp³-hybridized carbons (Fsp3) is 0.875. The molecule has 0 saturated heterocycles. The van der Waals surface area contributed by atoms with Crippen LogP contribution in [-0.4, -0.2) is 12.7 Å². The zero-order chi connectivity index (χ0) is 7.40. The van der Waals surface area contributed by atoms with Gasteiger partial charge in [0.25, 0.3) is 0 Å². The van der Waals surface area contributed by atoms with Crippen LogP contribution in [0.1, 0.15) is 26.2 Å². The van der Waals surface area contributed by atoms with Crippen LogP contribution in [0.3, 0.4) is 0 Å². The average molecular weight is 139 g/mol. The van der Waals surface area contributed by atoms with Gasteiger partial charge in [0.2, 0.25) is 0 Å². The van der Waals surface area contributed by atoms with Crippen LogP contribution in [0.25, 0.3) is 0 Å². The summed E-state index contributed by atoms with van der Waals surface area (Å²) in [4.78, 5) is 0. The Labute approximate surface area is 61.8 Å². The topological polar surface area (TPSA) is 33.0 Å². The minimum Gasteiger partial charge on any atom is -0.363 e. The Bertz CT molecular complexity index is 135. The maximum Gasteiger partial charge on any atom is 0.146 e. The maximum atomic E-state index is 8.59. The molecule has 0 aliphatic heterocycles. The lowest BCUT2D eigenvalue weighted by molar-refractivity contribution is 0.0763. The molecule has 2 heteroatoms. The summed E-state index contributed by atoms with van der Waals surface area (Å²) in [7, 11) is 0. The van der Waals surface area contributed by atoms with Gasteiger partial charge in [0.05, 0.1) is 6.07 Å². The Morgan fingerprint density at radius 2 is 2.40 bits per heavy atom. The summed E-state index contributed by atoms with van der Waals surface area (Å²) in [6.45, 7) is 2.79. The summed E-state index contributed by atoms with van der Waals surface area (Å²) in [6, 6.07) is 2.18. The van der Waals surface area contributed by atoms with E-state index in [0.717, 1.165) is 13.0 Å². The van der Waals surface area contributed by atoms with Crippen LogP contribution in [-0.2, 0) is 4.74 Å². The molecule has 10 heavy (non-hydrogen) atoms. The normalized spacial score (nSPS) is 20.0. The van der Waals surface area contributed by atoms with E-state index in [-0.39, 0.29) is 6.10 Å². The van der Waals surface area contributed by atoms with Gasteiger partial charge in [0.15, 0.2) is 0 Å². The maximum absolute atomic E-state index is 8.59. The molecule has 1 fully saturated rings. The highest BCUT2D eigenvalue weighted by molar-refractivity contribution is 4.96. The predicted molar refractivity (Wildman–Crippen MR) is 38.4 cm³/mol. The zero-order valence-corrected chi connectivity index (χ0v) is 6.34. The van der Waals surface area contributed by atoms with Crippen molar-refractivity contribution in [3.63, 3.8) is 0 Å². The van der Waals surface area contributed by atoms with Crippen molar-refractivity contribution in [2.75, 3.05) is 6.61 Å². The zero-order valence-electron chi connectivity index (χ0n) is 6.34. The number of nitriles is 1. The molecule has 0 aromatic carbocycles. The number of rotatable bonds is 4. The lowest BCUT2D eigenvalue weighted by atomic mass is 10.2. The highest BCUT2D eigenvalue weighted by Crippen LogP contribution is 2.33. The van der Waals surface area contributed by atoms with Gasteiger partial charge in [-0.2, -0.15) is 5.26 Å². The molecule has 0 aromatic rings. The molecule has 0 radical (unpaired) electrons. The molecule has 0 heterocycles. The molecule has 0 aromatic heterocycles.